The number of nitrogens with zero attached hydrogens (tertiary/aromatic N) is 1. The molecule has 0 saturated heterocycles. The predicted octanol–water partition coefficient (Wildman–Crippen LogP) is 14.9. The molecule has 0 N–H and O–H groups in total. The zero-order valence-electron chi connectivity index (χ0n) is 30.0. The molecule has 0 radical (unpaired) electrons. The van der Waals surface area contributed by atoms with Gasteiger partial charge < -0.3 is 4.57 Å². The van der Waals surface area contributed by atoms with Gasteiger partial charge in [-0.25, -0.2) is 0 Å². The van der Waals surface area contributed by atoms with E-state index in [0.29, 0.717) is 0 Å². The van der Waals surface area contributed by atoms with Gasteiger partial charge in [0.15, 0.2) is 0 Å². The third kappa shape index (κ3) is 4.35. The van der Waals surface area contributed by atoms with Crippen molar-refractivity contribution in [3.8, 4) is 61.3 Å². The highest BCUT2D eigenvalue weighted by molar-refractivity contribution is 6.34. The van der Waals surface area contributed by atoms with Crippen molar-refractivity contribution >= 4 is 54.1 Å². The van der Waals surface area contributed by atoms with Gasteiger partial charge in [0, 0.05) is 16.5 Å². The summed E-state index contributed by atoms with van der Waals surface area (Å²) in [5.41, 5.74) is 16.4. The van der Waals surface area contributed by atoms with Crippen LogP contribution in [0.2, 0.25) is 0 Å². The molecule has 1 aliphatic carbocycles. The van der Waals surface area contributed by atoms with E-state index in [1.807, 2.05) is 0 Å². The Kier molecular flexibility index (Phi) is 6.40. The first-order valence-corrected chi connectivity index (χ1v) is 19.1. The summed E-state index contributed by atoms with van der Waals surface area (Å²) in [4.78, 5) is 0. The van der Waals surface area contributed by atoms with E-state index in [2.05, 4.69) is 205 Å². The fraction of sp³-hybridized carbons (Fsp3) is 0. The highest BCUT2D eigenvalue weighted by Gasteiger charge is 2.32. The third-order valence-corrected chi connectivity index (χ3v) is 11.9. The van der Waals surface area contributed by atoms with E-state index < -0.39 is 0 Å². The number of para-hydroxylation sites is 1. The molecule has 0 amide bonds. The van der Waals surface area contributed by atoms with Crippen molar-refractivity contribution < 1.29 is 0 Å². The molecule has 0 atom stereocenters. The molecule has 0 aliphatic heterocycles. The van der Waals surface area contributed by atoms with E-state index in [-0.39, 0.29) is 0 Å². The lowest BCUT2D eigenvalue weighted by Gasteiger charge is -2.20. The summed E-state index contributed by atoms with van der Waals surface area (Å²) in [5.74, 6) is 0. The normalized spacial score (nSPS) is 12.0. The molecule has 1 nitrogen and oxygen atoms in total. The molecular formula is C54H33N. The van der Waals surface area contributed by atoms with E-state index in [4.69, 9.17) is 0 Å². The van der Waals surface area contributed by atoms with Crippen LogP contribution in [-0.2, 0) is 0 Å². The smallest absolute Gasteiger partial charge is 0.0553 e. The minimum Gasteiger partial charge on any atom is -0.309 e. The monoisotopic (exact) mass is 695 g/mol. The Morgan fingerprint density at radius 3 is 1.55 bits per heavy atom. The van der Waals surface area contributed by atoms with Crippen molar-refractivity contribution in [1.29, 1.82) is 0 Å². The van der Waals surface area contributed by atoms with Gasteiger partial charge in [0.2, 0.25) is 0 Å². The van der Waals surface area contributed by atoms with Gasteiger partial charge in [-0.05, 0) is 124 Å². The van der Waals surface area contributed by atoms with Crippen molar-refractivity contribution in [3.05, 3.63) is 200 Å². The summed E-state index contributed by atoms with van der Waals surface area (Å²) >= 11 is 0. The number of hydrogen-bond acceptors (Lipinski definition) is 0. The summed E-state index contributed by atoms with van der Waals surface area (Å²) in [6, 6.07) is 73.9. The molecule has 0 unspecified atom stereocenters. The van der Waals surface area contributed by atoms with Gasteiger partial charge in [-0.1, -0.05) is 164 Å². The van der Waals surface area contributed by atoms with E-state index in [9.17, 15) is 0 Å². The summed E-state index contributed by atoms with van der Waals surface area (Å²) in [7, 11) is 0. The number of rotatable bonds is 4. The topological polar surface area (TPSA) is 4.93 Å². The van der Waals surface area contributed by atoms with Crippen LogP contribution in [0.3, 0.4) is 0 Å². The molecule has 1 aromatic heterocycles. The van der Waals surface area contributed by atoms with Crippen molar-refractivity contribution in [2.75, 3.05) is 0 Å². The summed E-state index contributed by atoms with van der Waals surface area (Å²) < 4.78 is 2.48. The maximum Gasteiger partial charge on any atom is 0.0553 e. The Bertz CT molecular complexity index is 3340. The average molecular weight is 696 g/mol. The van der Waals surface area contributed by atoms with E-state index >= 15 is 0 Å². The van der Waals surface area contributed by atoms with Gasteiger partial charge in [-0.3, -0.25) is 0 Å². The van der Waals surface area contributed by atoms with Crippen LogP contribution < -0.4 is 0 Å². The van der Waals surface area contributed by atoms with Gasteiger partial charge in [0.05, 0.1) is 11.0 Å². The Labute approximate surface area is 319 Å². The summed E-state index contributed by atoms with van der Waals surface area (Å²) in [6.07, 6.45) is 0. The number of hydrogen-bond donors (Lipinski definition) is 0. The minimum absolute atomic E-state index is 1.16. The van der Waals surface area contributed by atoms with Crippen LogP contribution in [0.1, 0.15) is 0 Å². The largest absolute Gasteiger partial charge is 0.309 e. The van der Waals surface area contributed by atoms with Gasteiger partial charge >= 0.3 is 0 Å². The second-order valence-corrected chi connectivity index (χ2v) is 14.8. The van der Waals surface area contributed by atoms with Crippen molar-refractivity contribution in [2.45, 2.75) is 0 Å². The average Bonchev–Trinajstić information content (AvgIpc) is 3.76. The van der Waals surface area contributed by atoms with Crippen LogP contribution in [0.15, 0.2) is 200 Å². The Balaban J connectivity index is 1.25. The minimum atomic E-state index is 1.16. The molecule has 10 aromatic carbocycles. The molecule has 0 bridgehead atoms. The van der Waals surface area contributed by atoms with Crippen LogP contribution >= 0.6 is 0 Å². The zero-order valence-corrected chi connectivity index (χ0v) is 30.0. The lowest BCUT2D eigenvalue weighted by Crippen LogP contribution is -1.95. The van der Waals surface area contributed by atoms with Gasteiger partial charge in [0.1, 0.15) is 0 Å². The molecular weight excluding hydrogens is 663 g/mol. The number of aromatic nitrogens is 1. The van der Waals surface area contributed by atoms with Crippen LogP contribution in [0.5, 0.6) is 0 Å². The molecule has 55 heavy (non-hydrogen) atoms. The molecule has 12 rings (SSSR count). The fourth-order valence-corrected chi connectivity index (χ4v) is 9.59. The van der Waals surface area contributed by atoms with Gasteiger partial charge in [-0.2, -0.15) is 0 Å². The van der Waals surface area contributed by atoms with Crippen molar-refractivity contribution in [3.63, 3.8) is 0 Å². The molecule has 1 heterocycles. The molecule has 0 saturated carbocycles. The molecule has 0 fully saturated rings. The molecule has 11 aromatic rings. The fourth-order valence-electron chi connectivity index (χ4n) is 9.59. The maximum absolute atomic E-state index is 2.51. The van der Waals surface area contributed by atoms with Crippen LogP contribution in [0.25, 0.3) is 115 Å². The van der Waals surface area contributed by atoms with Gasteiger partial charge in [0.25, 0.3) is 0 Å². The first-order chi connectivity index (χ1) is 27.3. The SMILES string of the molecule is c1ccc(-c2c3c(c(-c4ccccc4)c4ccccc24)-c2cc4c(c5cccc-3c25)c2cc(-c3ccc5ccccc5c3)ccc2n4-c2ccccc2)cc1. The lowest BCUT2D eigenvalue weighted by molar-refractivity contribution is 1.18. The second-order valence-electron chi connectivity index (χ2n) is 14.8. The van der Waals surface area contributed by atoms with Crippen molar-refractivity contribution in [2.24, 2.45) is 0 Å². The Morgan fingerprint density at radius 1 is 0.273 bits per heavy atom. The molecule has 1 heteroatoms. The first kappa shape index (κ1) is 30.3. The van der Waals surface area contributed by atoms with E-state index in [1.165, 1.54) is 110 Å². The molecule has 254 valence electrons. The number of fused-ring (bicyclic) bond motifs is 9. The molecule has 1 aliphatic rings. The van der Waals surface area contributed by atoms with Crippen LogP contribution in [0, 0.1) is 0 Å². The quantitative estimate of drug-likeness (QED) is 0.173. The zero-order chi connectivity index (χ0) is 36.0. The predicted molar refractivity (Wildman–Crippen MR) is 234 cm³/mol. The van der Waals surface area contributed by atoms with E-state index in [0.717, 1.165) is 5.69 Å². The van der Waals surface area contributed by atoms with Crippen molar-refractivity contribution in [1.82, 2.24) is 4.57 Å². The van der Waals surface area contributed by atoms with E-state index in [1.54, 1.807) is 0 Å². The summed E-state index contributed by atoms with van der Waals surface area (Å²) in [5, 5.41) is 10.2. The highest BCUT2D eigenvalue weighted by Crippen LogP contribution is 2.59. The van der Waals surface area contributed by atoms with Crippen LogP contribution in [-0.4, -0.2) is 4.57 Å². The Morgan fingerprint density at radius 2 is 0.836 bits per heavy atom. The van der Waals surface area contributed by atoms with Crippen LogP contribution in [0.4, 0.5) is 0 Å². The first-order valence-electron chi connectivity index (χ1n) is 19.1. The standard InChI is InChI=1S/C54H33N/c1-4-16-35(17-5-1)49-41-23-12-13-24-42(41)50(36-18-6-2-7-19-36)54-46-33-48-52(43-25-14-26-44(51(43)46)53(49)54)45-32-39(38-28-27-34-15-10-11-20-37(34)31-38)29-30-47(45)55(48)40-21-8-3-9-22-40/h1-33H. The second kappa shape index (κ2) is 11.6. The Hall–Kier alpha value is -7.22. The van der Waals surface area contributed by atoms with Gasteiger partial charge in [-0.15, -0.1) is 0 Å². The maximum atomic E-state index is 2.51. The third-order valence-electron chi connectivity index (χ3n) is 11.9. The lowest BCUT2D eigenvalue weighted by atomic mass is 9.82. The number of benzene rings is 10. The summed E-state index contributed by atoms with van der Waals surface area (Å²) in [6.45, 7) is 0. The highest BCUT2D eigenvalue weighted by atomic mass is 15.0. The molecule has 0 spiro atoms.